The van der Waals surface area contributed by atoms with Gasteiger partial charge in [0.05, 0.1) is 0 Å². The Balaban J connectivity index is 4.32. The topological polar surface area (TPSA) is 137 Å². The number of carbonyl (C=O) groups is 3. The van der Waals surface area contributed by atoms with Crippen molar-refractivity contribution in [1.29, 1.82) is 0 Å². The molecular weight excluding hydrogens is 228 g/mol. The molecule has 0 fully saturated rings. The lowest BCUT2D eigenvalue weighted by Gasteiger charge is -2.21. The van der Waals surface area contributed by atoms with Crippen molar-refractivity contribution in [2.24, 2.45) is 17.4 Å². The third kappa shape index (κ3) is 6.36. The molecule has 0 spiro atoms. The molecule has 0 saturated carbocycles. The van der Waals surface area contributed by atoms with Crippen molar-refractivity contribution in [3.05, 3.63) is 0 Å². The van der Waals surface area contributed by atoms with Crippen LogP contribution >= 0.6 is 0 Å². The molecule has 0 rings (SSSR count). The molecule has 0 aromatic heterocycles. The van der Waals surface area contributed by atoms with E-state index >= 15 is 0 Å². The van der Waals surface area contributed by atoms with Crippen LogP contribution in [0.2, 0.25) is 0 Å². The molecule has 0 bridgehead atoms. The number of hydrogen-bond acceptors (Lipinski definition) is 4. The summed E-state index contributed by atoms with van der Waals surface area (Å²) < 4.78 is 0. The summed E-state index contributed by atoms with van der Waals surface area (Å²) in [5, 5.41) is 2.30. The standard InChI is InChI=1S/C9H18N4O4/c1-3-5(2)7(12-9(11)16)8(15)13-17-4-6(10)14/h5,7H,3-4H2,1-2H3,(H2,10,14)(H,13,15)(H3,11,12,16). The zero-order chi connectivity index (χ0) is 13.4. The second-order valence-electron chi connectivity index (χ2n) is 3.59. The van der Waals surface area contributed by atoms with E-state index in [2.05, 4.69) is 10.2 Å². The van der Waals surface area contributed by atoms with Gasteiger partial charge in [-0.15, -0.1) is 0 Å². The van der Waals surface area contributed by atoms with Crippen molar-refractivity contribution in [2.75, 3.05) is 6.61 Å². The average Bonchev–Trinajstić information content (AvgIpc) is 2.23. The van der Waals surface area contributed by atoms with Crippen molar-refractivity contribution in [1.82, 2.24) is 10.8 Å². The van der Waals surface area contributed by atoms with E-state index in [4.69, 9.17) is 11.5 Å². The van der Waals surface area contributed by atoms with E-state index in [1.807, 2.05) is 12.4 Å². The van der Waals surface area contributed by atoms with Gasteiger partial charge in [-0.25, -0.2) is 10.3 Å². The maximum atomic E-state index is 11.6. The van der Waals surface area contributed by atoms with Gasteiger partial charge in [0.1, 0.15) is 6.04 Å². The van der Waals surface area contributed by atoms with Crippen molar-refractivity contribution in [2.45, 2.75) is 26.3 Å². The number of rotatable bonds is 7. The zero-order valence-corrected chi connectivity index (χ0v) is 9.86. The molecule has 0 radical (unpaired) electrons. The zero-order valence-electron chi connectivity index (χ0n) is 9.86. The summed E-state index contributed by atoms with van der Waals surface area (Å²) in [5.74, 6) is -1.42. The second kappa shape index (κ2) is 7.44. The summed E-state index contributed by atoms with van der Waals surface area (Å²) in [4.78, 5) is 37.3. The Kier molecular flexibility index (Phi) is 6.64. The SMILES string of the molecule is CCC(C)C(NC(N)=O)C(=O)NOCC(N)=O. The van der Waals surface area contributed by atoms with Crippen molar-refractivity contribution >= 4 is 17.8 Å². The summed E-state index contributed by atoms with van der Waals surface area (Å²) in [6, 6.07) is -1.62. The highest BCUT2D eigenvalue weighted by Gasteiger charge is 2.25. The first-order valence-corrected chi connectivity index (χ1v) is 5.14. The third-order valence-corrected chi connectivity index (χ3v) is 2.18. The van der Waals surface area contributed by atoms with Crippen LogP contribution in [-0.4, -0.2) is 30.5 Å². The van der Waals surface area contributed by atoms with Gasteiger partial charge in [0.25, 0.3) is 5.91 Å². The normalized spacial score (nSPS) is 13.5. The van der Waals surface area contributed by atoms with Gasteiger partial charge in [-0.05, 0) is 5.92 Å². The quantitative estimate of drug-likeness (QED) is 0.411. The highest BCUT2D eigenvalue weighted by Crippen LogP contribution is 2.07. The molecule has 6 N–H and O–H groups in total. The van der Waals surface area contributed by atoms with Gasteiger partial charge in [-0.3, -0.25) is 14.4 Å². The van der Waals surface area contributed by atoms with Crippen LogP contribution in [0.25, 0.3) is 0 Å². The molecule has 8 heteroatoms. The van der Waals surface area contributed by atoms with Crippen LogP contribution in [0.4, 0.5) is 4.79 Å². The number of hydrogen-bond donors (Lipinski definition) is 4. The molecule has 98 valence electrons. The first kappa shape index (κ1) is 15.2. The Morgan fingerprint density at radius 3 is 2.29 bits per heavy atom. The minimum Gasteiger partial charge on any atom is -0.368 e. The molecule has 0 aliphatic carbocycles. The molecule has 0 aliphatic heterocycles. The molecular formula is C9H18N4O4. The van der Waals surface area contributed by atoms with E-state index in [0.717, 1.165) is 0 Å². The fourth-order valence-electron chi connectivity index (χ4n) is 1.10. The molecule has 4 amide bonds. The molecule has 0 aliphatic rings. The van der Waals surface area contributed by atoms with E-state index < -0.39 is 30.5 Å². The van der Waals surface area contributed by atoms with Crippen LogP contribution in [-0.2, 0) is 14.4 Å². The first-order valence-electron chi connectivity index (χ1n) is 5.14. The Morgan fingerprint density at radius 2 is 1.88 bits per heavy atom. The Morgan fingerprint density at radius 1 is 1.29 bits per heavy atom. The molecule has 17 heavy (non-hydrogen) atoms. The lowest BCUT2D eigenvalue weighted by molar-refractivity contribution is -0.140. The van der Waals surface area contributed by atoms with Gasteiger partial charge < -0.3 is 16.8 Å². The smallest absolute Gasteiger partial charge is 0.312 e. The Bertz CT molecular complexity index is 295. The molecule has 2 unspecified atom stereocenters. The van der Waals surface area contributed by atoms with Gasteiger partial charge in [0, 0.05) is 0 Å². The number of hydroxylamine groups is 1. The fourth-order valence-corrected chi connectivity index (χ4v) is 1.10. The van der Waals surface area contributed by atoms with Gasteiger partial charge in [-0.1, -0.05) is 20.3 Å². The number of amides is 4. The molecule has 8 nitrogen and oxygen atoms in total. The largest absolute Gasteiger partial charge is 0.368 e. The van der Waals surface area contributed by atoms with E-state index in [0.29, 0.717) is 6.42 Å². The number of primary amides is 2. The lowest BCUT2D eigenvalue weighted by Crippen LogP contribution is -2.52. The molecule has 2 atom stereocenters. The molecule has 0 saturated heterocycles. The summed E-state index contributed by atoms with van der Waals surface area (Å²) in [7, 11) is 0. The second-order valence-corrected chi connectivity index (χ2v) is 3.59. The number of urea groups is 1. The molecule has 0 heterocycles. The van der Waals surface area contributed by atoms with Crippen molar-refractivity contribution in [3.8, 4) is 0 Å². The predicted octanol–water partition coefficient (Wildman–Crippen LogP) is -1.40. The van der Waals surface area contributed by atoms with Gasteiger partial charge in [0.2, 0.25) is 5.91 Å². The minimum absolute atomic E-state index is 0.125. The van der Waals surface area contributed by atoms with E-state index in [1.165, 1.54) is 0 Å². The maximum Gasteiger partial charge on any atom is 0.312 e. The lowest BCUT2D eigenvalue weighted by atomic mass is 9.99. The highest BCUT2D eigenvalue weighted by molar-refractivity contribution is 5.86. The summed E-state index contributed by atoms with van der Waals surface area (Å²) >= 11 is 0. The van der Waals surface area contributed by atoms with Crippen LogP contribution in [0.1, 0.15) is 20.3 Å². The number of nitrogens with two attached hydrogens (primary N) is 2. The van der Waals surface area contributed by atoms with Crippen molar-refractivity contribution in [3.63, 3.8) is 0 Å². The Labute approximate surface area is 99.0 Å². The first-order chi connectivity index (χ1) is 7.88. The highest BCUT2D eigenvalue weighted by atomic mass is 16.7. The van der Waals surface area contributed by atoms with Gasteiger partial charge >= 0.3 is 6.03 Å². The van der Waals surface area contributed by atoms with Crippen LogP contribution in [0.5, 0.6) is 0 Å². The van der Waals surface area contributed by atoms with Crippen LogP contribution in [0.3, 0.4) is 0 Å². The molecule has 0 aromatic rings. The van der Waals surface area contributed by atoms with Crippen molar-refractivity contribution < 1.29 is 19.2 Å². The van der Waals surface area contributed by atoms with Crippen LogP contribution in [0, 0.1) is 5.92 Å². The molecule has 0 aromatic carbocycles. The third-order valence-electron chi connectivity index (χ3n) is 2.18. The van der Waals surface area contributed by atoms with E-state index in [-0.39, 0.29) is 5.92 Å². The average molecular weight is 246 g/mol. The number of carbonyl (C=O) groups excluding carboxylic acids is 3. The fraction of sp³-hybridized carbons (Fsp3) is 0.667. The summed E-state index contributed by atoms with van der Waals surface area (Å²) in [5.41, 5.74) is 11.8. The summed E-state index contributed by atoms with van der Waals surface area (Å²) in [6.07, 6.45) is 0.661. The maximum absolute atomic E-state index is 11.6. The van der Waals surface area contributed by atoms with Gasteiger partial charge in [0.15, 0.2) is 6.61 Å². The number of nitrogens with one attached hydrogen (secondary N) is 2. The Hall–Kier alpha value is -1.83. The summed E-state index contributed by atoms with van der Waals surface area (Å²) in [6.45, 7) is 3.20. The monoisotopic (exact) mass is 246 g/mol. The predicted molar refractivity (Wildman–Crippen MR) is 59.3 cm³/mol. The minimum atomic E-state index is -0.814. The van der Waals surface area contributed by atoms with Crippen LogP contribution < -0.4 is 22.3 Å². The van der Waals surface area contributed by atoms with E-state index in [9.17, 15) is 14.4 Å². The van der Waals surface area contributed by atoms with E-state index in [1.54, 1.807) is 6.92 Å². The van der Waals surface area contributed by atoms with Crippen LogP contribution in [0.15, 0.2) is 0 Å². The van der Waals surface area contributed by atoms with Gasteiger partial charge in [-0.2, -0.15) is 0 Å².